The van der Waals surface area contributed by atoms with Crippen molar-refractivity contribution in [3.05, 3.63) is 78.4 Å². The molecule has 0 aliphatic rings. The maximum atomic E-state index is 12.6. The average molecular weight is 396 g/mol. The van der Waals surface area contributed by atoms with Crippen molar-refractivity contribution in [1.82, 2.24) is 9.97 Å². The van der Waals surface area contributed by atoms with Crippen LogP contribution in [-0.2, 0) is 6.18 Å². The zero-order valence-corrected chi connectivity index (χ0v) is 14.9. The van der Waals surface area contributed by atoms with Gasteiger partial charge in [-0.3, -0.25) is 0 Å². The summed E-state index contributed by atoms with van der Waals surface area (Å²) < 4.78 is 37.8. The van der Waals surface area contributed by atoms with E-state index in [2.05, 4.69) is 20.6 Å². The fourth-order valence-electron chi connectivity index (χ4n) is 2.87. The number of alkyl halides is 3. The maximum absolute atomic E-state index is 12.6. The number of rotatable bonds is 3. The number of fused-ring (bicyclic) bond motifs is 1. The smallest absolute Gasteiger partial charge is 0.338 e. The Kier molecular flexibility index (Phi) is 4.67. The zero-order valence-electron chi connectivity index (χ0n) is 14.9. The van der Waals surface area contributed by atoms with Crippen molar-refractivity contribution in [2.45, 2.75) is 6.18 Å². The van der Waals surface area contributed by atoms with Crippen molar-refractivity contribution < 1.29 is 18.0 Å². The van der Waals surface area contributed by atoms with E-state index in [0.717, 1.165) is 28.7 Å². The van der Waals surface area contributed by atoms with Crippen molar-refractivity contribution in [3.8, 4) is 11.4 Å². The number of anilines is 2. The molecule has 3 aromatic carbocycles. The van der Waals surface area contributed by atoms with Gasteiger partial charge in [0.15, 0.2) is 0 Å². The summed E-state index contributed by atoms with van der Waals surface area (Å²) in [5, 5.41) is 5.17. The van der Waals surface area contributed by atoms with Crippen molar-refractivity contribution in [2.24, 2.45) is 0 Å². The van der Waals surface area contributed by atoms with E-state index in [9.17, 15) is 18.0 Å². The van der Waals surface area contributed by atoms with E-state index in [1.807, 2.05) is 30.3 Å². The molecular formula is C21H15F3N4O. The second kappa shape index (κ2) is 7.31. The van der Waals surface area contributed by atoms with Crippen LogP contribution in [-0.4, -0.2) is 16.0 Å². The van der Waals surface area contributed by atoms with Gasteiger partial charge >= 0.3 is 12.2 Å². The number of halogens is 3. The van der Waals surface area contributed by atoms with Crippen LogP contribution in [0.25, 0.3) is 22.4 Å². The molecule has 0 aliphatic heterocycles. The number of aromatic nitrogens is 2. The van der Waals surface area contributed by atoms with Crippen LogP contribution < -0.4 is 10.6 Å². The van der Waals surface area contributed by atoms with Crippen molar-refractivity contribution in [2.75, 3.05) is 10.6 Å². The Balaban J connectivity index is 1.47. The fourth-order valence-corrected chi connectivity index (χ4v) is 2.87. The van der Waals surface area contributed by atoms with E-state index in [1.165, 1.54) is 12.1 Å². The van der Waals surface area contributed by atoms with Gasteiger partial charge in [-0.15, -0.1) is 0 Å². The average Bonchev–Trinajstić information content (AvgIpc) is 3.12. The first kappa shape index (κ1) is 18.5. The summed E-state index contributed by atoms with van der Waals surface area (Å²) in [6.07, 6.45) is -4.42. The van der Waals surface area contributed by atoms with Crippen LogP contribution in [0.15, 0.2) is 72.8 Å². The molecule has 4 aromatic rings. The van der Waals surface area contributed by atoms with Gasteiger partial charge in [-0.25, -0.2) is 9.78 Å². The summed E-state index contributed by atoms with van der Waals surface area (Å²) in [7, 11) is 0. The third kappa shape index (κ3) is 4.21. The zero-order chi connectivity index (χ0) is 20.4. The molecule has 0 saturated heterocycles. The molecule has 8 heteroatoms. The molecule has 29 heavy (non-hydrogen) atoms. The number of carbonyl (C=O) groups is 1. The predicted molar refractivity (Wildman–Crippen MR) is 106 cm³/mol. The van der Waals surface area contributed by atoms with E-state index in [4.69, 9.17) is 0 Å². The molecular weight excluding hydrogens is 381 g/mol. The molecule has 3 N–H and O–H groups in total. The lowest BCUT2D eigenvalue weighted by molar-refractivity contribution is -0.137. The molecule has 0 radical (unpaired) electrons. The molecule has 1 aromatic heterocycles. The number of nitrogens with one attached hydrogen (secondary N) is 3. The highest BCUT2D eigenvalue weighted by atomic mass is 19.4. The number of aromatic amines is 1. The Morgan fingerprint density at radius 2 is 1.59 bits per heavy atom. The number of amides is 2. The van der Waals surface area contributed by atoms with Crippen LogP contribution in [0.2, 0.25) is 0 Å². The molecule has 0 spiro atoms. The SMILES string of the molecule is O=C(Nc1ccc(C(F)(F)F)cc1)Nc1cccc(-c2nc3ccccc3[nH]2)c1. The van der Waals surface area contributed by atoms with Gasteiger partial charge in [0.1, 0.15) is 5.82 Å². The van der Waals surface area contributed by atoms with E-state index < -0.39 is 17.8 Å². The van der Waals surface area contributed by atoms with Crippen molar-refractivity contribution in [1.29, 1.82) is 0 Å². The van der Waals surface area contributed by atoms with Crippen LogP contribution in [0, 0.1) is 0 Å². The number of para-hydroxylation sites is 2. The lowest BCUT2D eigenvalue weighted by Crippen LogP contribution is -2.19. The lowest BCUT2D eigenvalue weighted by Gasteiger charge is -2.10. The minimum Gasteiger partial charge on any atom is -0.338 e. The number of urea groups is 1. The van der Waals surface area contributed by atoms with Crippen molar-refractivity contribution >= 4 is 28.4 Å². The Bertz CT molecular complexity index is 1130. The second-order valence-corrected chi connectivity index (χ2v) is 6.34. The molecule has 4 rings (SSSR count). The molecule has 0 unspecified atom stereocenters. The molecule has 5 nitrogen and oxygen atoms in total. The molecule has 1 heterocycles. The first-order chi connectivity index (χ1) is 13.9. The third-order valence-corrected chi connectivity index (χ3v) is 4.25. The highest BCUT2D eigenvalue weighted by Gasteiger charge is 2.29. The van der Waals surface area contributed by atoms with E-state index in [-0.39, 0.29) is 5.69 Å². The summed E-state index contributed by atoms with van der Waals surface area (Å²) in [5.74, 6) is 0.665. The number of benzene rings is 3. The molecule has 0 aliphatic carbocycles. The summed E-state index contributed by atoms with van der Waals surface area (Å²) in [6.45, 7) is 0. The third-order valence-electron chi connectivity index (χ3n) is 4.25. The number of carbonyl (C=O) groups excluding carboxylic acids is 1. The van der Waals surface area contributed by atoms with Gasteiger partial charge in [-0.05, 0) is 48.5 Å². The number of hydrogen-bond acceptors (Lipinski definition) is 2. The Morgan fingerprint density at radius 1 is 0.862 bits per heavy atom. The standard InChI is InChI=1S/C21H15F3N4O/c22-21(23,24)14-8-10-15(11-9-14)25-20(29)26-16-5-3-4-13(12-16)19-27-17-6-1-2-7-18(17)28-19/h1-12H,(H,27,28)(H2,25,26,29). The molecule has 2 amide bonds. The highest BCUT2D eigenvalue weighted by Crippen LogP contribution is 2.30. The quantitative estimate of drug-likeness (QED) is 0.404. The molecule has 0 fully saturated rings. The lowest BCUT2D eigenvalue weighted by atomic mass is 10.2. The summed E-state index contributed by atoms with van der Waals surface area (Å²) >= 11 is 0. The normalized spacial score (nSPS) is 11.4. The highest BCUT2D eigenvalue weighted by molar-refractivity contribution is 6.00. The summed E-state index contributed by atoms with van der Waals surface area (Å²) in [4.78, 5) is 19.9. The molecule has 0 atom stereocenters. The van der Waals surface area contributed by atoms with Crippen molar-refractivity contribution in [3.63, 3.8) is 0 Å². The maximum Gasteiger partial charge on any atom is 0.416 e. The van der Waals surface area contributed by atoms with Gasteiger partial charge in [0.2, 0.25) is 0 Å². The number of H-pyrrole nitrogens is 1. The van der Waals surface area contributed by atoms with Crippen LogP contribution >= 0.6 is 0 Å². The number of hydrogen-bond donors (Lipinski definition) is 3. The van der Waals surface area contributed by atoms with Gasteiger partial charge in [0.25, 0.3) is 0 Å². The first-order valence-electron chi connectivity index (χ1n) is 8.69. The van der Waals surface area contributed by atoms with E-state index in [0.29, 0.717) is 11.5 Å². The summed E-state index contributed by atoms with van der Waals surface area (Å²) in [5.41, 5.74) is 2.52. The minimum absolute atomic E-state index is 0.254. The van der Waals surface area contributed by atoms with Gasteiger partial charge in [0, 0.05) is 16.9 Å². The number of imidazole rings is 1. The summed E-state index contributed by atoms with van der Waals surface area (Å²) in [6, 6.07) is 18.4. The van der Waals surface area contributed by atoms with Gasteiger partial charge in [-0.1, -0.05) is 24.3 Å². The van der Waals surface area contributed by atoms with Crippen LogP contribution in [0.5, 0.6) is 0 Å². The molecule has 0 saturated carbocycles. The van der Waals surface area contributed by atoms with Crippen LogP contribution in [0.4, 0.5) is 29.3 Å². The van der Waals surface area contributed by atoms with E-state index >= 15 is 0 Å². The van der Waals surface area contributed by atoms with E-state index in [1.54, 1.807) is 18.2 Å². The minimum atomic E-state index is -4.42. The largest absolute Gasteiger partial charge is 0.416 e. The monoisotopic (exact) mass is 396 g/mol. The number of nitrogens with zero attached hydrogens (tertiary/aromatic N) is 1. The molecule has 146 valence electrons. The Hall–Kier alpha value is -3.81. The van der Waals surface area contributed by atoms with Gasteiger partial charge in [-0.2, -0.15) is 13.2 Å². The van der Waals surface area contributed by atoms with Gasteiger partial charge < -0.3 is 15.6 Å². The topological polar surface area (TPSA) is 69.8 Å². The van der Waals surface area contributed by atoms with Crippen LogP contribution in [0.3, 0.4) is 0 Å². The second-order valence-electron chi connectivity index (χ2n) is 6.34. The first-order valence-corrected chi connectivity index (χ1v) is 8.69. The van der Waals surface area contributed by atoms with Crippen LogP contribution in [0.1, 0.15) is 5.56 Å². The Labute approximate surface area is 163 Å². The Morgan fingerprint density at radius 3 is 2.31 bits per heavy atom. The predicted octanol–water partition coefficient (Wildman–Crippen LogP) is 5.89. The van der Waals surface area contributed by atoms with Gasteiger partial charge in [0.05, 0.1) is 16.6 Å². The fraction of sp³-hybridized carbons (Fsp3) is 0.0476. The molecule has 0 bridgehead atoms.